The fraction of sp³-hybridized carbons (Fsp3) is 0.133. The number of hydrogen-bond acceptors (Lipinski definition) is 3. The quantitative estimate of drug-likeness (QED) is 0.716. The van der Waals surface area contributed by atoms with Crippen LogP contribution in [0.3, 0.4) is 0 Å². The van der Waals surface area contributed by atoms with Gasteiger partial charge in [0.25, 0.3) is 0 Å². The van der Waals surface area contributed by atoms with E-state index in [2.05, 4.69) is 37.2 Å². The van der Waals surface area contributed by atoms with Crippen LogP contribution in [-0.4, -0.2) is 5.91 Å². The number of halogens is 2. The summed E-state index contributed by atoms with van der Waals surface area (Å²) in [7, 11) is 0. The van der Waals surface area contributed by atoms with E-state index in [1.54, 1.807) is 6.07 Å². The van der Waals surface area contributed by atoms with E-state index >= 15 is 0 Å². The Kier molecular flexibility index (Phi) is 3.91. The van der Waals surface area contributed by atoms with Crippen LogP contribution in [0.2, 0.25) is 0 Å². The van der Waals surface area contributed by atoms with Crippen LogP contribution in [0.25, 0.3) is 0 Å². The molecule has 4 nitrogen and oxygen atoms in total. The van der Waals surface area contributed by atoms with E-state index in [-0.39, 0.29) is 5.91 Å². The minimum Gasteiger partial charge on any atom is -0.454 e. The number of nitrogen functional groups attached to an aromatic ring is 1. The minimum atomic E-state index is 0.0167. The van der Waals surface area contributed by atoms with Gasteiger partial charge in [-0.25, -0.2) is 0 Å². The van der Waals surface area contributed by atoms with Gasteiger partial charge in [-0.3, -0.25) is 4.79 Å². The highest BCUT2D eigenvalue weighted by Gasteiger charge is 2.18. The van der Waals surface area contributed by atoms with E-state index in [0.29, 0.717) is 30.0 Å². The van der Waals surface area contributed by atoms with Crippen LogP contribution in [0.5, 0.6) is 11.5 Å². The lowest BCUT2D eigenvalue weighted by Crippen LogP contribution is -2.19. The molecule has 21 heavy (non-hydrogen) atoms. The number of ether oxygens (including phenoxy) is 1. The van der Waals surface area contributed by atoms with E-state index < -0.39 is 0 Å². The predicted molar refractivity (Wildman–Crippen MR) is 89.7 cm³/mol. The zero-order valence-electron chi connectivity index (χ0n) is 11.0. The molecule has 0 unspecified atom stereocenters. The second kappa shape index (κ2) is 5.69. The lowest BCUT2D eigenvalue weighted by Gasteiger charge is -2.19. The molecular weight excluding hydrogens is 400 g/mol. The third-order valence-electron chi connectivity index (χ3n) is 3.24. The summed E-state index contributed by atoms with van der Waals surface area (Å²) in [5, 5.41) is 2.84. The topological polar surface area (TPSA) is 64.3 Å². The van der Waals surface area contributed by atoms with Gasteiger partial charge in [-0.05, 0) is 52.2 Å². The summed E-state index contributed by atoms with van der Waals surface area (Å²) in [4.78, 5) is 11.5. The second-order valence-electron chi connectivity index (χ2n) is 4.77. The van der Waals surface area contributed by atoms with Crippen molar-refractivity contribution in [2.45, 2.75) is 12.8 Å². The second-order valence-corrected chi connectivity index (χ2v) is 6.54. The third kappa shape index (κ3) is 3.06. The van der Waals surface area contributed by atoms with Crippen LogP contribution in [0.4, 0.5) is 11.4 Å². The van der Waals surface area contributed by atoms with Crippen LogP contribution in [0.1, 0.15) is 12.0 Å². The van der Waals surface area contributed by atoms with Crippen molar-refractivity contribution in [1.29, 1.82) is 0 Å². The Balaban J connectivity index is 1.95. The third-order valence-corrected chi connectivity index (χ3v) is 4.36. The van der Waals surface area contributed by atoms with Crippen molar-refractivity contribution in [1.82, 2.24) is 0 Å². The number of fused-ring (bicyclic) bond motifs is 1. The highest BCUT2D eigenvalue weighted by molar-refractivity contribution is 9.11. The molecule has 108 valence electrons. The fourth-order valence-corrected chi connectivity index (χ4v) is 3.32. The first-order chi connectivity index (χ1) is 10.0. The fourth-order valence-electron chi connectivity index (χ4n) is 2.19. The number of carbonyl (C=O) groups is 1. The normalized spacial score (nSPS) is 13.5. The zero-order chi connectivity index (χ0) is 15.0. The Morgan fingerprint density at radius 2 is 1.90 bits per heavy atom. The molecule has 0 aliphatic carbocycles. The molecule has 0 radical (unpaired) electrons. The molecule has 2 aromatic carbocycles. The predicted octanol–water partition coefficient (Wildman–Crippen LogP) is 4.47. The number of hydrogen-bond donors (Lipinski definition) is 2. The number of amides is 1. The molecule has 3 N–H and O–H groups in total. The van der Waals surface area contributed by atoms with E-state index in [1.165, 1.54) is 0 Å². The first-order valence-corrected chi connectivity index (χ1v) is 7.96. The molecular formula is C15H12Br2N2O2. The molecule has 0 atom stereocenters. The summed E-state index contributed by atoms with van der Waals surface area (Å²) in [5.74, 6) is 1.20. The standard InChI is InChI=1S/C15H12Br2N2O2/c16-9-2-3-13(10(17)6-9)21-14-7-12-8(5-11(14)18)1-4-15(20)19-12/h2-3,5-7H,1,4,18H2,(H,19,20). The molecule has 0 aromatic heterocycles. The summed E-state index contributed by atoms with van der Waals surface area (Å²) in [6, 6.07) is 9.25. The van der Waals surface area contributed by atoms with Crippen molar-refractivity contribution in [3.63, 3.8) is 0 Å². The molecule has 1 aliphatic rings. The average Bonchev–Trinajstić information content (AvgIpc) is 2.43. The lowest BCUT2D eigenvalue weighted by molar-refractivity contribution is -0.116. The van der Waals surface area contributed by atoms with Crippen LogP contribution >= 0.6 is 31.9 Å². The smallest absolute Gasteiger partial charge is 0.224 e. The largest absolute Gasteiger partial charge is 0.454 e. The number of nitrogens with two attached hydrogens (primary N) is 1. The highest BCUT2D eigenvalue weighted by atomic mass is 79.9. The molecule has 0 saturated carbocycles. The summed E-state index contributed by atoms with van der Waals surface area (Å²) in [6.07, 6.45) is 1.19. The Morgan fingerprint density at radius 1 is 1.10 bits per heavy atom. The average molecular weight is 412 g/mol. The van der Waals surface area contributed by atoms with Gasteiger partial charge < -0.3 is 15.8 Å². The number of rotatable bonds is 2. The van der Waals surface area contributed by atoms with E-state index in [4.69, 9.17) is 10.5 Å². The maximum Gasteiger partial charge on any atom is 0.224 e. The molecule has 2 aromatic rings. The van der Waals surface area contributed by atoms with Gasteiger partial charge in [-0.15, -0.1) is 0 Å². The van der Waals surface area contributed by atoms with E-state index in [1.807, 2.05) is 24.3 Å². The molecule has 1 heterocycles. The number of aryl methyl sites for hydroxylation is 1. The molecule has 0 spiro atoms. The Bertz CT molecular complexity index is 732. The molecule has 0 bridgehead atoms. The highest BCUT2D eigenvalue weighted by Crippen LogP contribution is 2.38. The molecule has 0 fully saturated rings. The number of carbonyl (C=O) groups excluding carboxylic acids is 1. The van der Waals surface area contributed by atoms with Gasteiger partial charge >= 0.3 is 0 Å². The van der Waals surface area contributed by atoms with Gasteiger partial charge in [0.2, 0.25) is 5.91 Å². The summed E-state index contributed by atoms with van der Waals surface area (Å²) >= 11 is 6.84. The maximum atomic E-state index is 11.5. The van der Waals surface area contributed by atoms with E-state index in [9.17, 15) is 4.79 Å². The summed E-state index contributed by atoms with van der Waals surface area (Å²) in [5.41, 5.74) is 8.40. The van der Waals surface area contributed by atoms with Gasteiger partial charge in [0.05, 0.1) is 10.2 Å². The van der Waals surface area contributed by atoms with E-state index in [0.717, 1.165) is 20.2 Å². The molecule has 1 amide bonds. The Hall–Kier alpha value is -1.53. The van der Waals surface area contributed by atoms with Crippen molar-refractivity contribution in [2.24, 2.45) is 0 Å². The first-order valence-electron chi connectivity index (χ1n) is 6.38. The molecule has 0 saturated heterocycles. The minimum absolute atomic E-state index is 0.0167. The van der Waals surface area contributed by atoms with Gasteiger partial charge in [0, 0.05) is 22.6 Å². The monoisotopic (exact) mass is 410 g/mol. The molecule has 1 aliphatic heterocycles. The first kappa shape index (κ1) is 14.4. The Morgan fingerprint density at radius 3 is 2.67 bits per heavy atom. The maximum absolute atomic E-state index is 11.5. The number of anilines is 2. The van der Waals surface area contributed by atoms with Crippen molar-refractivity contribution < 1.29 is 9.53 Å². The van der Waals surface area contributed by atoms with Crippen molar-refractivity contribution in [3.05, 3.63) is 44.8 Å². The summed E-state index contributed by atoms with van der Waals surface area (Å²) < 4.78 is 7.62. The lowest BCUT2D eigenvalue weighted by atomic mass is 10.0. The number of benzene rings is 2. The van der Waals surface area contributed by atoms with Crippen molar-refractivity contribution in [2.75, 3.05) is 11.1 Å². The van der Waals surface area contributed by atoms with Gasteiger partial charge in [-0.1, -0.05) is 15.9 Å². The van der Waals surface area contributed by atoms with Gasteiger partial charge in [0.15, 0.2) is 5.75 Å². The molecule has 6 heteroatoms. The van der Waals surface area contributed by atoms with Crippen LogP contribution in [0, 0.1) is 0 Å². The molecule has 3 rings (SSSR count). The van der Waals surface area contributed by atoms with Crippen LogP contribution in [0.15, 0.2) is 39.3 Å². The number of nitrogens with one attached hydrogen (secondary N) is 1. The van der Waals surface area contributed by atoms with Gasteiger partial charge in [-0.2, -0.15) is 0 Å². The van der Waals surface area contributed by atoms with Crippen molar-refractivity contribution in [3.8, 4) is 11.5 Å². The van der Waals surface area contributed by atoms with Crippen LogP contribution < -0.4 is 15.8 Å². The van der Waals surface area contributed by atoms with Crippen LogP contribution in [-0.2, 0) is 11.2 Å². The Labute approximate surface area is 138 Å². The van der Waals surface area contributed by atoms with Crippen molar-refractivity contribution >= 4 is 49.1 Å². The summed E-state index contributed by atoms with van der Waals surface area (Å²) in [6.45, 7) is 0. The SMILES string of the molecule is Nc1cc2c(cc1Oc1ccc(Br)cc1Br)NC(=O)CC2. The zero-order valence-corrected chi connectivity index (χ0v) is 14.1. The van der Waals surface area contributed by atoms with Gasteiger partial charge in [0.1, 0.15) is 5.75 Å².